The van der Waals surface area contributed by atoms with E-state index in [1.54, 1.807) is 13.8 Å². The van der Waals surface area contributed by atoms with E-state index in [4.69, 9.17) is 4.74 Å². The minimum absolute atomic E-state index is 0.0275. The molecule has 0 spiro atoms. The molecule has 1 aliphatic heterocycles. The van der Waals surface area contributed by atoms with Crippen LogP contribution in [0.5, 0.6) is 0 Å². The van der Waals surface area contributed by atoms with Gasteiger partial charge in [-0.15, -0.1) is 0 Å². The summed E-state index contributed by atoms with van der Waals surface area (Å²) in [5, 5.41) is 2.60. The number of likely N-dealkylation sites (N-methyl/N-ethyl adjacent to an activating group) is 2. The first-order chi connectivity index (χ1) is 8.49. The maximum absolute atomic E-state index is 12.1. The van der Waals surface area contributed by atoms with Crippen LogP contribution in [0.2, 0.25) is 0 Å². The Bertz CT molecular complexity index is 363. The van der Waals surface area contributed by atoms with Crippen LogP contribution in [-0.2, 0) is 19.6 Å². The Morgan fingerprint density at radius 2 is 2.17 bits per heavy atom. The molecule has 106 valence electrons. The van der Waals surface area contributed by atoms with Gasteiger partial charge in [0, 0.05) is 19.7 Å². The molecule has 0 unspecified atom stereocenters. The lowest BCUT2D eigenvalue weighted by Crippen LogP contribution is -2.43. The molecular formula is C11H22N2O4S. The number of nitrogens with zero attached hydrogens (tertiary/aromatic N) is 1. The molecule has 0 saturated carbocycles. The van der Waals surface area contributed by atoms with E-state index in [9.17, 15) is 13.2 Å². The Hall–Kier alpha value is -0.660. The summed E-state index contributed by atoms with van der Waals surface area (Å²) in [6.45, 7) is 4.84. The van der Waals surface area contributed by atoms with Gasteiger partial charge < -0.3 is 10.1 Å². The summed E-state index contributed by atoms with van der Waals surface area (Å²) >= 11 is 0. The van der Waals surface area contributed by atoms with E-state index >= 15 is 0 Å². The molecule has 7 heteroatoms. The highest BCUT2D eigenvalue weighted by atomic mass is 32.2. The minimum Gasteiger partial charge on any atom is -0.377 e. The van der Waals surface area contributed by atoms with Crippen molar-refractivity contribution in [2.24, 2.45) is 0 Å². The second kappa shape index (κ2) is 7.06. The average Bonchev–Trinajstić information content (AvgIpc) is 2.78. The third-order valence-corrected chi connectivity index (χ3v) is 4.83. The smallest absolute Gasteiger partial charge is 0.235 e. The number of sulfonamides is 1. The third kappa shape index (κ3) is 4.55. The molecule has 0 bridgehead atoms. The number of carbonyl (C=O) groups excluding carboxylic acids is 1. The van der Waals surface area contributed by atoms with E-state index < -0.39 is 10.0 Å². The minimum atomic E-state index is -3.42. The lowest BCUT2D eigenvalue weighted by Gasteiger charge is -2.21. The Kier molecular flexibility index (Phi) is 6.04. The highest BCUT2D eigenvalue weighted by Gasteiger charge is 2.28. The first-order valence-electron chi connectivity index (χ1n) is 6.35. The van der Waals surface area contributed by atoms with E-state index in [2.05, 4.69) is 5.32 Å². The molecule has 18 heavy (non-hydrogen) atoms. The summed E-state index contributed by atoms with van der Waals surface area (Å²) < 4.78 is 30.8. The van der Waals surface area contributed by atoms with Crippen molar-refractivity contribution in [2.75, 3.05) is 32.0 Å². The summed E-state index contributed by atoms with van der Waals surface area (Å²) in [7, 11) is -3.42. The lowest BCUT2D eigenvalue weighted by molar-refractivity contribution is -0.121. The van der Waals surface area contributed by atoms with E-state index in [0.29, 0.717) is 19.7 Å². The van der Waals surface area contributed by atoms with Gasteiger partial charge in [0.05, 0.1) is 18.4 Å². The largest absolute Gasteiger partial charge is 0.377 e. The second-order valence-electron chi connectivity index (χ2n) is 4.29. The number of carbonyl (C=O) groups is 1. The molecule has 0 aliphatic carbocycles. The van der Waals surface area contributed by atoms with Crippen molar-refractivity contribution in [2.45, 2.75) is 32.8 Å². The molecule has 0 aromatic heterocycles. The Morgan fingerprint density at radius 1 is 1.44 bits per heavy atom. The van der Waals surface area contributed by atoms with Gasteiger partial charge in [-0.25, -0.2) is 8.42 Å². The molecule has 6 nitrogen and oxygen atoms in total. The molecule has 0 aromatic rings. The fourth-order valence-electron chi connectivity index (χ4n) is 1.94. The zero-order valence-corrected chi connectivity index (χ0v) is 11.8. The summed E-state index contributed by atoms with van der Waals surface area (Å²) in [5.74, 6) is -0.296. The van der Waals surface area contributed by atoms with Gasteiger partial charge in [-0.1, -0.05) is 6.92 Å². The van der Waals surface area contributed by atoms with Gasteiger partial charge in [0.15, 0.2) is 0 Å². The molecular weight excluding hydrogens is 256 g/mol. The van der Waals surface area contributed by atoms with Crippen LogP contribution in [0.25, 0.3) is 0 Å². The second-order valence-corrected chi connectivity index (χ2v) is 6.31. The van der Waals surface area contributed by atoms with Crippen molar-refractivity contribution in [3.63, 3.8) is 0 Å². The SMILES string of the molecule is CCNC(=O)CN(CC)S(=O)(=O)C[C@@H]1CCCO1. The highest BCUT2D eigenvalue weighted by molar-refractivity contribution is 7.89. The molecule has 1 fully saturated rings. The Balaban J connectivity index is 2.58. The molecule has 1 amide bonds. The van der Waals surface area contributed by atoms with Crippen LogP contribution in [-0.4, -0.2) is 56.7 Å². The standard InChI is InChI=1S/C11H22N2O4S/c1-3-12-11(14)8-13(4-2)18(15,16)9-10-6-5-7-17-10/h10H,3-9H2,1-2H3,(H,12,14)/t10-/m0/s1. The van der Waals surface area contributed by atoms with Crippen molar-refractivity contribution >= 4 is 15.9 Å². The molecule has 1 aliphatic rings. The first kappa shape index (κ1) is 15.4. The van der Waals surface area contributed by atoms with Gasteiger partial charge in [-0.2, -0.15) is 4.31 Å². The molecule has 0 aromatic carbocycles. The van der Waals surface area contributed by atoms with Crippen LogP contribution in [0, 0.1) is 0 Å². The summed E-state index contributed by atoms with van der Waals surface area (Å²) in [6, 6.07) is 0. The quantitative estimate of drug-likeness (QED) is 0.708. The number of rotatable bonds is 7. The first-order valence-corrected chi connectivity index (χ1v) is 7.96. The number of nitrogens with one attached hydrogen (secondary N) is 1. The predicted molar refractivity (Wildman–Crippen MR) is 68.7 cm³/mol. The Labute approximate surface area is 109 Å². The van der Waals surface area contributed by atoms with Crippen LogP contribution in [0.1, 0.15) is 26.7 Å². The fourth-order valence-corrected chi connectivity index (χ4v) is 3.59. The number of hydrogen-bond acceptors (Lipinski definition) is 4. The van der Waals surface area contributed by atoms with E-state index in [1.807, 2.05) is 0 Å². The van der Waals surface area contributed by atoms with E-state index in [1.165, 1.54) is 4.31 Å². The van der Waals surface area contributed by atoms with Crippen LogP contribution in [0.3, 0.4) is 0 Å². The maximum Gasteiger partial charge on any atom is 0.235 e. The number of amides is 1. The van der Waals surface area contributed by atoms with Crippen LogP contribution >= 0.6 is 0 Å². The van der Waals surface area contributed by atoms with Gasteiger partial charge in [0.25, 0.3) is 0 Å². The van der Waals surface area contributed by atoms with E-state index in [0.717, 1.165) is 12.8 Å². The Morgan fingerprint density at radius 3 is 2.67 bits per heavy atom. The van der Waals surface area contributed by atoms with Crippen molar-refractivity contribution in [1.82, 2.24) is 9.62 Å². The molecule has 1 atom stereocenters. The van der Waals surface area contributed by atoms with Crippen molar-refractivity contribution in [3.8, 4) is 0 Å². The fraction of sp³-hybridized carbons (Fsp3) is 0.909. The van der Waals surface area contributed by atoms with Gasteiger partial charge in [-0.05, 0) is 19.8 Å². The van der Waals surface area contributed by atoms with Crippen LogP contribution in [0.15, 0.2) is 0 Å². The summed E-state index contributed by atoms with van der Waals surface area (Å²) in [5.41, 5.74) is 0. The summed E-state index contributed by atoms with van der Waals surface area (Å²) in [4.78, 5) is 11.4. The van der Waals surface area contributed by atoms with Gasteiger partial charge >= 0.3 is 0 Å². The van der Waals surface area contributed by atoms with Gasteiger partial charge in [0.1, 0.15) is 0 Å². The summed E-state index contributed by atoms with van der Waals surface area (Å²) in [6.07, 6.45) is 1.46. The molecule has 1 saturated heterocycles. The van der Waals surface area contributed by atoms with Crippen molar-refractivity contribution in [1.29, 1.82) is 0 Å². The zero-order chi connectivity index (χ0) is 13.6. The topological polar surface area (TPSA) is 75.7 Å². The zero-order valence-electron chi connectivity index (χ0n) is 11.0. The van der Waals surface area contributed by atoms with E-state index in [-0.39, 0.29) is 24.3 Å². The monoisotopic (exact) mass is 278 g/mol. The third-order valence-electron chi connectivity index (χ3n) is 2.86. The number of ether oxygens (including phenoxy) is 1. The van der Waals surface area contributed by atoms with Gasteiger partial charge in [-0.3, -0.25) is 4.79 Å². The van der Waals surface area contributed by atoms with Crippen molar-refractivity contribution in [3.05, 3.63) is 0 Å². The maximum atomic E-state index is 12.1. The van der Waals surface area contributed by atoms with Crippen molar-refractivity contribution < 1.29 is 17.9 Å². The highest BCUT2D eigenvalue weighted by Crippen LogP contribution is 2.15. The average molecular weight is 278 g/mol. The molecule has 1 N–H and O–H groups in total. The lowest BCUT2D eigenvalue weighted by atomic mass is 10.3. The molecule has 0 radical (unpaired) electrons. The normalized spacial score (nSPS) is 20.3. The molecule has 1 heterocycles. The molecule has 1 rings (SSSR count). The van der Waals surface area contributed by atoms with Crippen LogP contribution < -0.4 is 5.32 Å². The predicted octanol–water partition coefficient (Wildman–Crippen LogP) is -0.0468. The van der Waals surface area contributed by atoms with Crippen LogP contribution in [0.4, 0.5) is 0 Å². The number of hydrogen-bond donors (Lipinski definition) is 1. The van der Waals surface area contributed by atoms with Gasteiger partial charge in [0.2, 0.25) is 15.9 Å².